The lowest BCUT2D eigenvalue weighted by Crippen LogP contribution is -2.46. The van der Waals surface area contributed by atoms with Gasteiger partial charge in [0, 0.05) is 12.2 Å². The van der Waals surface area contributed by atoms with Gasteiger partial charge in [-0.2, -0.15) is 0 Å². The van der Waals surface area contributed by atoms with Crippen LogP contribution in [0.3, 0.4) is 0 Å². The third kappa shape index (κ3) is 5.43. The van der Waals surface area contributed by atoms with Gasteiger partial charge in [-0.1, -0.05) is 72.8 Å². The number of likely N-dealkylation sites (N-methyl/N-ethyl adjacent to an activating group) is 1. The summed E-state index contributed by atoms with van der Waals surface area (Å²) in [4.78, 5) is 39.5. The van der Waals surface area contributed by atoms with Gasteiger partial charge in [0.15, 0.2) is 12.1 Å². The Morgan fingerprint density at radius 2 is 1.50 bits per heavy atom. The van der Waals surface area contributed by atoms with Crippen molar-refractivity contribution in [3.63, 3.8) is 0 Å². The van der Waals surface area contributed by atoms with E-state index in [-0.39, 0.29) is 24.8 Å². The first-order chi connectivity index (χ1) is 16.5. The van der Waals surface area contributed by atoms with Crippen LogP contribution in [0.1, 0.15) is 29.7 Å². The van der Waals surface area contributed by atoms with Gasteiger partial charge in [-0.3, -0.25) is 14.5 Å². The van der Waals surface area contributed by atoms with Crippen molar-refractivity contribution >= 4 is 23.6 Å². The maximum atomic E-state index is 12.9. The Bertz CT molecular complexity index is 1130. The molecule has 174 valence electrons. The molecule has 7 heteroatoms. The van der Waals surface area contributed by atoms with Crippen molar-refractivity contribution in [2.24, 2.45) is 0 Å². The zero-order valence-corrected chi connectivity index (χ0v) is 18.9. The summed E-state index contributed by atoms with van der Waals surface area (Å²) in [5.74, 6) is -0.394. The van der Waals surface area contributed by atoms with E-state index >= 15 is 0 Å². The Morgan fingerprint density at radius 1 is 0.882 bits per heavy atom. The van der Waals surface area contributed by atoms with E-state index in [1.165, 1.54) is 4.90 Å². The van der Waals surface area contributed by atoms with Crippen molar-refractivity contribution in [3.8, 4) is 0 Å². The maximum Gasteiger partial charge on any atom is 0.411 e. The highest BCUT2D eigenvalue weighted by atomic mass is 16.6. The van der Waals surface area contributed by atoms with E-state index in [2.05, 4.69) is 10.6 Å². The van der Waals surface area contributed by atoms with Gasteiger partial charge in [0.2, 0.25) is 11.8 Å². The lowest BCUT2D eigenvalue weighted by atomic mass is 10.00. The van der Waals surface area contributed by atoms with Crippen molar-refractivity contribution < 1.29 is 19.1 Å². The van der Waals surface area contributed by atoms with E-state index in [0.29, 0.717) is 17.8 Å². The van der Waals surface area contributed by atoms with Gasteiger partial charge in [0.05, 0.1) is 13.0 Å². The summed E-state index contributed by atoms with van der Waals surface area (Å²) in [6, 6.07) is 25.2. The predicted molar refractivity (Wildman–Crippen MR) is 129 cm³/mol. The fourth-order valence-corrected chi connectivity index (χ4v) is 4.01. The summed E-state index contributed by atoms with van der Waals surface area (Å²) in [6.45, 7) is 2.55. The minimum atomic E-state index is -0.800. The number of hydrogen-bond acceptors (Lipinski definition) is 4. The number of anilines is 1. The molecule has 0 spiro atoms. The zero-order chi connectivity index (χ0) is 23.9. The summed E-state index contributed by atoms with van der Waals surface area (Å²) in [5.41, 5.74) is 3.15. The smallest absolute Gasteiger partial charge is 0.411 e. The first kappa shape index (κ1) is 23.0. The standard InChI is InChI=1S/C27H27N3O4/c1-2-28-26(32)24-25(34-27(33)30(24)18-20-11-7-4-8-12-20)21-13-15-22(16-14-21)29-23(31)17-19-9-5-3-6-10-19/h3-16,24-25H,2,17-18H2,1H3,(H,28,32)(H,29,31). The third-order valence-corrected chi connectivity index (χ3v) is 5.63. The highest BCUT2D eigenvalue weighted by Crippen LogP contribution is 2.34. The number of carbonyl (C=O) groups excluding carboxylic acids is 3. The van der Waals surface area contributed by atoms with Crippen LogP contribution >= 0.6 is 0 Å². The molecule has 1 saturated heterocycles. The molecule has 4 rings (SSSR count). The van der Waals surface area contributed by atoms with E-state index in [9.17, 15) is 14.4 Å². The van der Waals surface area contributed by atoms with Gasteiger partial charge < -0.3 is 15.4 Å². The lowest BCUT2D eigenvalue weighted by Gasteiger charge is -2.24. The minimum Gasteiger partial charge on any atom is -0.438 e. The zero-order valence-electron chi connectivity index (χ0n) is 18.9. The molecule has 2 N–H and O–H groups in total. The molecule has 0 radical (unpaired) electrons. The number of nitrogens with one attached hydrogen (secondary N) is 2. The number of nitrogens with zero attached hydrogens (tertiary/aromatic N) is 1. The van der Waals surface area contributed by atoms with Gasteiger partial charge in [0.1, 0.15) is 0 Å². The largest absolute Gasteiger partial charge is 0.438 e. The first-order valence-corrected chi connectivity index (χ1v) is 11.3. The Balaban J connectivity index is 1.49. The molecule has 0 aliphatic carbocycles. The molecular weight excluding hydrogens is 430 g/mol. The quantitative estimate of drug-likeness (QED) is 0.534. The highest BCUT2D eigenvalue weighted by molar-refractivity contribution is 5.92. The minimum absolute atomic E-state index is 0.125. The van der Waals surface area contributed by atoms with Gasteiger partial charge in [-0.25, -0.2) is 4.79 Å². The molecular formula is C27H27N3O4. The maximum absolute atomic E-state index is 12.9. The van der Waals surface area contributed by atoms with Crippen molar-refractivity contribution in [1.82, 2.24) is 10.2 Å². The average Bonchev–Trinajstić information content (AvgIpc) is 3.17. The second-order valence-corrected chi connectivity index (χ2v) is 8.09. The Morgan fingerprint density at radius 3 is 2.12 bits per heavy atom. The summed E-state index contributed by atoms with van der Waals surface area (Å²) >= 11 is 0. The van der Waals surface area contributed by atoms with E-state index in [1.807, 2.05) is 67.6 Å². The van der Waals surface area contributed by atoms with Crippen LogP contribution in [0, 0.1) is 0 Å². The molecule has 7 nitrogen and oxygen atoms in total. The molecule has 3 aromatic rings. The molecule has 1 fully saturated rings. The third-order valence-electron chi connectivity index (χ3n) is 5.63. The number of carbonyl (C=O) groups is 3. The van der Waals surface area contributed by atoms with Crippen LogP contribution in [0.4, 0.5) is 10.5 Å². The second kappa shape index (κ2) is 10.7. The molecule has 1 heterocycles. The van der Waals surface area contributed by atoms with Crippen molar-refractivity contribution in [1.29, 1.82) is 0 Å². The number of hydrogen-bond donors (Lipinski definition) is 2. The van der Waals surface area contributed by atoms with Crippen molar-refractivity contribution in [3.05, 3.63) is 102 Å². The molecule has 1 aliphatic heterocycles. The molecule has 1 aliphatic rings. The predicted octanol–water partition coefficient (Wildman–Crippen LogP) is 4.07. The lowest BCUT2D eigenvalue weighted by molar-refractivity contribution is -0.126. The van der Waals surface area contributed by atoms with Crippen LogP contribution in [0.2, 0.25) is 0 Å². The Hall–Kier alpha value is -4.13. The van der Waals surface area contributed by atoms with E-state index in [0.717, 1.165) is 11.1 Å². The SMILES string of the molecule is CCNC(=O)C1C(c2ccc(NC(=O)Cc3ccccc3)cc2)OC(=O)N1Cc1ccccc1. The summed E-state index contributed by atoms with van der Waals surface area (Å²) in [7, 11) is 0. The molecule has 3 amide bonds. The number of benzene rings is 3. The van der Waals surface area contributed by atoms with Crippen LogP contribution in [0.15, 0.2) is 84.9 Å². The van der Waals surface area contributed by atoms with Crippen LogP contribution in [0.25, 0.3) is 0 Å². The number of ether oxygens (including phenoxy) is 1. The van der Waals surface area contributed by atoms with E-state index in [1.54, 1.807) is 24.3 Å². The van der Waals surface area contributed by atoms with Crippen LogP contribution in [-0.2, 0) is 27.3 Å². The van der Waals surface area contributed by atoms with E-state index < -0.39 is 18.2 Å². The molecule has 2 atom stereocenters. The molecule has 0 aromatic heterocycles. The first-order valence-electron chi connectivity index (χ1n) is 11.3. The van der Waals surface area contributed by atoms with Crippen molar-refractivity contribution in [2.75, 3.05) is 11.9 Å². The summed E-state index contributed by atoms with van der Waals surface area (Å²) < 4.78 is 5.65. The number of rotatable bonds is 8. The molecule has 0 bridgehead atoms. The topological polar surface area (TPSA) is 87.7 Å². The van der Waals surface area contributed by atoms with Crippen LogP contribution in [0.5, 0.6) is 0 Å². The molecule has 2 unspecified atom stereocenters. The van der Waals surface area contributed by atoms with Crippen molar-refractivity contribution in [2.45, 2.75) is 32.0 Å². The fraction of sp³-hybridized carbons (Fsp3) is 0.222. The van der Waals surface area contributed by atoms with Crippen LogP contribution in [-0.4, -0.2) is 35.4 Å². The number of amides is 3. The van der Waals surface area contributed by atoms with Gasteiger partial charge >= 0.3 is 6.09 Å². The molecule has 3 aromatic carbocycles. The monoisotopic (exact) mass is 457 g/mol. The molecule has 0 saturated carbocycles. The fourth-order valence-electron chi connectivity index (χ4n) is 4.01. The average molecular weight is 458 g/mol. The van der Waals surface area contributed by atoms with Gasteiger partial charge in [-0.05, 0) is 35.7 Å². The Kier molecular flexibility index (Phi) is 7.22. The second-order valence-electron chi connectivity index (χ2n) is 8.09. The summed E-state index contributed by atoms with van der Waals surface area (Å²) in [5, 5.41) is 5.69. The highest BCUT2D eigenvalue weighted by Gasteiger charge is 2.46. The van der Waals surface area contributed by atoms with Gasteiger partial charge in [0.25, 0.3) is 0 Å². The van der Waals surface area contributed by atoms with E-state index in [4.69, 9.17) is 4.74 Å². The van der Waals surface area contributed by atoms with Gasteiger partial charge in [-0.15, -0.1) is 0 Å². The summed E-state index contributed by atoms with van der Waals surface area (Å²) in [6.07, 6.45) is -1.02. The Labute approximate surface area is 198 Å². The van der Waals surface area contributed by atoms with Crippen LogP contribution < -0.4 is 10.6 Å². The normalized spacial score (nSPS) is 17.2. The molecule has 34 heavy (non-hydrogen) atoms. The number of cyclic esters (lactones) is 1.